The van der Waals surface area contributed by atoms with Crippen molar-refractivity contribution < 1.29 is 4.74 Å². The molecule has 1 aliphatic rings. The van der Waals surface area contributed by atoms with E-state index >= 15 is 0 Å². The maximum Gasteiger partial charge on any atom is 0.119 e. The van der Waals surface area contributed by atoms with Crippen molar-refractivity contribution in [3.05, 3.63) is 28.7 Å². The summed E-state index contributed by atoms with van der Waals surface area (Å²) in [6.45, 7) is 2.85. The third-order valence-corrected chi connectivity index (χ3v) is 4.52. The van der Waals surface area contributed by atoms with Gasteiger partial charge in [-0.1, -0.05) is 28.8 Å². The first-order valence-corrected chi connectivity index (χ1v) is 8.31. The van der Waals surface area contributed by atoms with Crippen molar-refractivity contribution >= 4 is 27.5 Å². The van der Waals surface area contributed by atoms with Gasteiger partial charge in [0.05, 0.1) is 0 Å². The van der Waals surface area contributed by atoms with Crippen LogP contribution in [-0.2, 0) is 0 Å². The van der Waals surface area contributed by atoms with E-state index in [1.807, 2.05) is 24.3 Å². The van der Waals surface area contributed by atoms with Crippen molar-refractivity contribution in [3.63, 3.8) is 0 Å². The standard InChI is InChI=1S/C15H21BrClNO/c16-13-5-7-15(8-6-13)19-11-10-18-9-3-1-2-4-14(18)12-17/h5-8,14H,1-4,9-12H2. The molecule has 0 bridgehead atoms. The highest BCUT2D eigenvalue weighted by Gasteiger charge is 2.19. The highest BCUT2D eigenvalue weighted by atomic mass is 79.9. The smallest absolute Gasteiger partial charge is 0.119 e. The van der Waals surface area contributed by atoms with Crippen LogP contribution in [0, 0.1) is 0 Å². The largest absolute Gasteiger partial charge is 0.492 e. The predicted molar refractivity (Wildman–Crippen MR) is 84.2 cm³/mol. The summed E-state index contributed by atoms with van der Waals surface area (Å²) in [5, 5.41) is 0. The van der Waals surface area contributed by atoms with Gasteiger partial charge in [0, 0.05) is 22.9 Å². The molecule has 2 nitrogen and oxygen atoms in total. The first kappa shape index (κ1) is 15.1. The number of ether oxygens (including phenoxy) is 1. The van der Waals surface area contributed by atoms with E-state index in [2.05, 4.69) is 20.8 Å². The Morgan fingerprint density at radius 1 is 1.21 bits per heavy atom. The SMILES string of the molecule is ClCC1CCCCCN1CCOc1ccc(Br)cc1. The maximum atomic E-state index is 6.07. The van der Waals surface area contributed by atoms with Crippen molar-refractivity contribution in [1.82, 2.24) is 4.90 Å². The highest BCUT2D eigenvalue weighted by molar-refractivity contribution is 9.10. The number of hydrogen-bond donors (Lipinski definition) is 0. The Labute approximate surface area is 129 Å². The van der Waals surface area contributed by atoms with Crippen LogP contribution in [0.4, 0.5) is 0 Å². The van der Waals surface area contributed by atoms with Crippen LogP contribution in [-0.4, -0.2) is 36.5 Å². The normalized spacial score (nSPS) is 21.1. The van der Waals surface area contributed by atoms with Crippen LogP contribution in [0.2, 0.25) is 0 Å². The van der Waals surface area contributed by atoms with E-state index in [4.69, 9.17) is 16.3 Å². The molecule has 19 heavy (non-hydrogen) atoms. The van der Waals surface area contributed by atoms with Crippen LogP contribution < -0.4 is 4.74 Å². The Balaban J connectivity index is 1.78. The molecule has 0 N–H and O–H groups in total. The van der Waals surface area contributed by atoms with E-state index in [0.29, 0.717) is 6.04 Å². The zero-order valence-electron chi connectivity index (χ0n) is 11.2. The van der Waals surface area contributed by atoms with Gasteiger partial charge in [0.2, 0.25) is 0 Å². The number of benzene rings is 1. The highest BCUT2D eigenvalue weighted by Crippen LogP contribution is 2.19. The first-order chi connectivity index (χ1) is 9.29. The molecule has 0 saturated carbocycles. The summed E-state index contributed by atoms with van der Waals surface area (Å²) >= 11 is 9.50. The lowest BCUT2D eigenvalue weighted by molar-refractivity contribution is 0.172. The van der Waals surface area contributed by atoms with Crippen LogP contribution >= 0.6 is 27.5 Å². The number of hydrogen-bond acceptors (Lipinski definition) is 2. The number of likely N-dealkylation sites (tertiary alicyclic amines) is 1. The molecule has 1 unspecified atom stereocenters. The summed E-state index contributed by atoms with van der Waals surface area (Å²) in [6.07, 6.45) is 5.15. The lowest BCUT2D eigenvalue weighted by Crippen LogP contribution is -2.38. The van der Waals surface area contributed by atoms with Gasteiger partial charge in [0.1, 0.15) is 12.4 Å². The molecule has 0 spiro atoms. The zero-order chi connectivity index (χ0) is 13.5. The molecule has 0 radical (unpaired) electrons. The summed E-state index contributed by atoms with van der Waals surface area (Å²) < 4.78 is 6.87. The molecule has 1 saturated heterocycles. The molecular weight excluding hydrogens is 326 g/mol. The second-order valence-electron chi connectivity index (χ2n) is 5.00. The molecule has 1 atom stereocenters. The fourth-order valence-electron chi connectivity index (χ4n) is 2.52. The molecule has 0 aliphatic carbocycles. The summed E-state index contributed by atoms with van der Waals surface area (Å²) in [5.41, 5.74) is 0. The minimum absolute atomic E-state index is 0.526. The quantitative estimate of drug-likeness (QED) is 0.737. The first-order valence-electron chi connectivity index (χ1n) is 6.98. The molecule has 106 valence electrons. The van der Waals surface area contributed by atoms with Crippen molar-refractivity contribution in [1.29, 1.82) is 0 Å². The number of halogens is 2. The summed E-state index contributed by atoms with van der Waals surface area (Å²) in [5.74, 6) is 1.67. The Kier molecular flexibility index (Phi) is 6.48. The lowest BCUT2D eigenvalue weighted by atomic mass is 10.1. The second-order valence-corrected chi connectivity index (χ2v) is 6.22. The van der Waals surface area contributed by atoms with Crippen molar-refractivity contribution in [2.45, 2.75) is 31.7 Å². The van der Waals surface area contributed by atoms with E-state index in [-0.39, 0.29) is 0 Å². The number of nitrogens with zero attached hydrogens (tertiary/aromatic N) is 1. The fourth-order valence-corrected chi connectivity index (χ4v) is 3.13. The molecular formula is C15H21BrClNO. The molecule has 1 aliphatic heterocycles. The Morgan fingerprint density at radius 2 is 2.00 bits per heavy atom. The van der Waals surface area contributed by atoms with Gasteiger partial charge in [-0.3, -0.25) is 4.90 Å². The molecule has 1 heterocycles. The van der Waals surface area contributed by atoms with Gasteiger partial charge < -0.3 is 4.74 Å². The Hall–Kier alpha value is -0.250. The van der Waals surface area contributed by atoms with Crippen LogP contribution in [0.3, 0.4) is 0 Å². The third-order valence-electron chi connectivity index (χ3n) is 3.64. The zero-order valence-corrected chi connectivity index (χ0v) is 13.5. The molecule has 1 aromatic carbocycles. The molecule has 1 fully saturated rings. The van der Waals surface area contributed by atoms with E-state index < -0.39 is 0 Å². The van der Waals surface area contributed by atoms with Gasteiger partial charge in [0.25, 0.3) is 0 Å². The maximum absolute atomic E-state index is 6.07. The minimum Gasteiger partial charge on any atom is -0.492 e. The predicted octanol–water partition coefficient (Wildman–Crippen LogP) is 4.31. The monoisotopic (exact) mass is 345 g/mol. The minimum atomic E-state index is 0.526. The van der Waals surface area contributed by atoms with Crippen LogP contribution in [0.5, 0.6) is 5.75 Å². The number of alkyl halides is 1. The molecule has 2 rings (SSSR count). The number of rotatable bonds is 5. The van der Waals surface area contributed by atoms with E-state index in [9.17, 15) is 0 Å². The molecule has 0 aromatic heterocycles. The summed E-state index contributed by atoms with van der Waals surface area (Å²) in [6, 6.07) is 8.51. The van der Waals surface area contributed by atoms with Gasteiger partial charge in [-0.2, -0.15) is 0 Å². The Morgan fingerprint density at radius 3 is 2.74 bits per heavy atom. The summed E-state index contributed by atoms with van der Waals surface area (Å²) in [7, 11) is 0. The van der Waals surface area contributed by atoms with E-state index in [0.717, 1.165) is 35.8 Å². The average Bonchev–Trinajstić information content (AvgIpc) is 2.66. The van der Waals surface area contributed by atoms with Gasteiger partial charge in [-0.05, 0) is 43.7 Å². The summed E-state index contributed by atoms with van der Waals surface area (Å²) in [4.78, 5) is 2.48. The fraction of sp³-hybridized carbons (Fsp3) is 0.600. The van der Waals surface area contributed by atoms with E-state index in [1.165, 1.54) is 25.7 Å². The van der Waals surface area contributed by atoms with Crippen LogP contribution in [0.15, 0.2) is 28.7 Å². The van der Waals surface area contributed by atoms with Crippen LogP contribution in [0.1, 0.15) is 25.7 Å². The van der Waals surface area contributed by atoms with Crippen molar-refractivity contribution in [2.24, 2.45) is 0 Å². The molecule has 0 amide bonds. The third kappa shape index (κ3) is 4.97. The van der Waals surface area contributed by atoms with Gasteiger partial charge in [-0.15, -0.1) is 11.6 Å². The lowest BCUT2D eigenvalue weighted by Gasteiger charge is -2.28. The van der Waals surface area contributed by atoms with Gasteiger partial charge in [-0.25, -0.2) is 0 Å². The second kappa shape index (κ2) is 8.13. The molecule has 4 heteroatoms. The van der Waals surface area contributed by atoms with Crippen LogP contribution in [0.25, 0.3) is 0 Å². The van der Waals surface area contributed by atoms with Crippen molar-refractivity contribution in [3.8, 4) is 5.75 Å². The van der Waals surface area contributed by atoms with Gasteiger partial charge in [0.15, 0.2) is 0 Å². The van der Waals surface area contributed by atoms with Crippen molar-refractivity contribution in [2.75, 3.05) is 25.6 Å². The van der Waals surface area contributed by atoms with Gasteiger partial charge >= 0.3 is 0 Å². The molecule has 1 aromatic rings. The Bertz CT molecular complexity index is 371. The topological polar surface area (TPSA) is 12.5 Å². The van der Waals surface area contributed by atoms with E-state index in [1.54, 1.807) is 0 Å². The average molecular weight is 347 g/mol.